The second-order valence-corrected chi connectivity index (χ2v) is 11.6. The van der Waals surface area contributed by atoms with Crippen LogP contribution in [0.15, 0.2) is 60.7 Å². The average Bonchev–Trinajstić information content (AvgIpc) is 3.64. The first-order chi connectivity index (χ1) is 20.5. The standard InChI is InChI=1S/C34H40N6O2/c1-39(2)17-7-21-42-27-14-16-29-31(23-27)38-34(36-29)25-11-9-24(10-12-25)33-35-28-15-13-26(22-30(28)37-33)32(41)8-6-20-40-18-4-3-5-19-40/h9-16,22-23H,3-8,17-21H2,1-2H3,(H,35,37)(H,36,38). The van der Waals surface area contributed by atoms with Gasteiger partial charge in [0.05, 0.1) is 28.7 Å². The van der Waals surface area contributed by atoms with Crippen molar-refractivity contribution in [2.45, 2.75) is 38.5 Å². The van der Waals surface area contributed by atoms with Crippen molar-refractivity contribution in [1.82, 2.24) is 29.7 Å². The van der Waals surface area contributed by atoms with E-state index >= 15 is 0 Å². The molecule has 1 aliphatic rings. The number of hydrogen-bond donors (Lipinski definition) is 2. The Labute approximate surface area is 247 Å². The fraction of sp³-hybridized carbons (Fsp3) is 0.382. The molecule has 3 aromatic carbocycles. The lowest BCUT2D eigenvalue weighted by Crippen LogP contribution is -2.30. The molecular formula is C34H40N6O2. The summed E-state index contributed by atoms with van der Waals surface area (Å²) in [4.78, 5) is 33.9. The molecule has 1 fully saturated rings. The topological polar surface area (TPSA) is 90.1 Å². The summed E-state index contributed by atoms with van der Waals surface area (Å²) in [6, 6.07) is 20.0. The number of fused-ring (bicyclic) bond motifs is 2. The number of nitrogens with one attached hydrogen (secondary N) is 2. The van der Waals surface area contributed by atoms with Crippen LogP contribution in [-0.2, 0) is 0 Å². The number of aromatic nitrogens is 4. The Morgan fingerprint density at radius 3 is 2.14 bits per heavy atom. The number of ketones is 1. The van der Waals surface area contributed by atoms with Crippen molar-refractivity contribution in [3.63, 3.8) is 0 Å². The zero-order chi connectivity index (χ0) is 28.9. The van der Waals surface area contributed by atoms with Gasteiger partial charge in [0.15, 0.2) is 5.78 Å². The summed E-state index contributed by atoms with van der Waals surface area (Å²) in [5.41, 5.74) is 6.32. The SMILES string of the molecule is CN(C)CCCOc1ccc2nc(-c3ccc(-c4nc5ccc(C(=O)CCCN6CCCCC6)cc5[nH]4)cc3)[nH]c2c1. The van der Waals surface area contributed by atoms with Crippen molar-refractivity contribution in [3.8, 4) is 28.5 Å². The van der Waals surface area contributed by atoms with Crippen LogP contribution in [0.4, 0.5) is 0 Å². The van der Waals surface area contributed by atoms with Crippen LogP contribution in [0.5, 0.6) is 5.75 Å². The summed E-state index contributed by atoms with van der Waals surface area (Å²) in [6.45, 7) is 5.04. The van der Waals surface area contributed by atoms with Gasteiger partial charge in [-0.3, -0.25) is 4.79 Å². The first-order valence-corrected chi connectivity index (χ1v) is 15.2. The predicted molar refractivity (Wildman–Crippen MR) is 169 cm³/mol. The minimum absolute atomic E-state index is 0.197. The van der Waals surface area contributed by atoms with Gasteiger partial charge in [-0.25, -0.2) is 9.97 Å². The van der Waals surface area contributed by atoms with E-state index in [4.69, 9.17) is 14.7 Å². The van der Waals surface area contributed by atoms with Gasteiger partial charge in [0.25, 0.3) is 0 Å². The number of aromatic amines is 2. The summed E-state index contributed by atoms with van der Waals surface area (Å²) < 4.78 is 5.92. The Bertz CT molecular complexity index is 1650. The summed E-state index contributed by atoms with van der Waals surface area (Å²) in [6.07, 6.45) is 6.37. The smallest absolute Gasteiger partial charge is 0.163 e. The Balaban J connectivity index is 1.10. The number of benzene rings is 3. The van der Waals surface area contributed by atoms with Crippen molar-refractivity contribution < 1.29 is 9.53 Å². The van der Waals surface area contributed by atoms with Crippen LogP contribution in [0.1, 0.15) is 48.9 Å². The lowest BCUT2D eigenvalue weighted by molar-refractivity contribution is 0.0973. The highest BCUT2D eigenvalue weighted by Crippen LogP contribution is 2.27. The molecule has 0 aliphatic carbocycles. The van der Waals surface area contributed by atoms with E-state index in [1.54, 1.807) is 0 Å². The van der Waals surface area contributed by atoms with E-state index in [2.05, 4.69) is 46.0 Å². The molecule has 42 heavy (non-hydrogen) atoms. The number of nitrogens with zero attached hydrogens (tertiary/aromatic N) is 4. The summed E-state index contributed by atoms with van der Waals surface area (Å²) in [5, 5.41) is 0. The molecule has 8 heteroatoms. The van der Waals surface area contributed by atoms with Crippen LogP contribution in [0.2, 0.25) is 0 Å². The lowest BCUT2D eigenvalue weighted by Gasteiger charge is -2.26. The molecule has 8 nitrogen and oxygen atoms in total. The fourth-order valence-electron chi connectivity index (χ4n) is 5.68. The number of likely N-dealkylation sites (tertiary alicyclic amines) is 1. The van der Waals surface area contributed by atoms with Gasteiger partial charge in [0.1, 0.15) is 17.4 Å². The maximum atomic E-state index is 12.9. The van der Waals surface area contributed by atoms with E-state index in [0.717, 1.165) is 82.1 Å². The maximum absolute atomic E-state index is 12.9. The van der Waals surface area contributed by atoms with Gasteiger partial charge < -0.3 is 24.5 Å². The van der Waals surface area contributed by atoms with Crippen LogP contribution >= 0.6 is 0 Å². The van der Waals surface area contributed by atoms with Gasteiger partial charge in [0, 0.05) is 35.7 Å². The van der Waals surface area contributed by atoms with Gasteiger partial charge >= 0.3 is 0 Å². The Hall–Kier alpha value is -4.01. The zero-order valence-corrected chi connectivity index (χ0v) is 24.7. The highest BCUT2D eigenvalue weighted by Gasteiger charge is 2.14. The second-order valence-electron chi connectivity index (χ2n) is 11.6. The van der Waals surface area contributed by atoms with Crippen molar-refractivity contribution in [3.05, 3.63) is 66.2 Å². The minimum Gasteiger partial charge on any atom is -0.493 e. The van der Waals surface area contributed by atoms with Crippen LogP contribution in [0.25, 0.3) is 44.8 Å². The number of ether oxygens (including phenoxy) is 1. The third kappa shape index (κ3) is 6.72. The van der Waals surface area contributed by atoms with E-state index in [1.807, 2.05) is 48.5 Å². The number of rotatable bonds is 12. The van der Waals surface area contributed by atoms with Crippen LogP contribution in [0.3, 0.4) is 0 Å². The molecule has 218 valence electrons. The minimum atomic E-state index is 0.197. The number of imidazole rings is 2. The summed E-state index contributed by atoms with van der Waals surface area (Å²) in [5.74, 6) is 2.64. The van der Waals surface area contributed by atoms with Crippen molar-refractivity contribution in [2.24, 2.45) is 0 Å². The first-order valence-electron chi connectivity index (χ1n) is 15.2. The molecule has 6 rings (SSSR count). The second kappa shape index (κ2) is 12.9. The molecule has 0 spiro atoms. The predicted octanol–water partition coefficient (Wildman–Crippen LogP) is 6.55. The highest BCUT2D eigenvalue weighted by atomic mass is 16.5. The van der Waals surface area contributed by atoms with Gasteiger partial charge in [-0.05, 0) is 89.7 Å². The molecule has 5 aromatic rings. The number of hydrogen-bond acceptors (Lipinski definition) is 6. The van der Waals surface area contributed by atoms with Crippen LogP contribution in [0, 0.1) is 0 Å². The normalized spacial score (nSPS) is 14.3. The molecule has 0 unspecified atom stereocenters. The fourth-order valence-corrected chi connectivity index (χ4v) is 5.68. The van der Waals surface area contributed by atoms with E-state index in [1.165, 1.54) is 32.4 Å². The third-order valence-corrected chi connectivity index (χ3v) is 8.03. The molecule has 1 aliphatic heterocycles. The zero-order valence-electron chi connectivity index (χ0n) is 24.7. The number of Topliss-reactive ketones (excluding diaryl/α,β-unsaturated/α-hetero) is 1. The highest BCUT2D eigenvalue weighted by molar-refractivity contribution is 5.99. The average molecular weight is 565 g/mol. The monoisotopic (exact) mass is 564 g/mol. The molecule has 2 aromatic heterocycles. The van der Waals surface area contributed by atoms with Crippen molar-refractivity contribution >= 4 is 27.9 Å². The summed E-state index contributed by atoms with van der Waals surface area (Å²) in [7, 11) is 4.14. The Morgan fingerprint density at radius 1 is 0.833 bits per heavy atom. The molecule has 0 radical (unpaired) electrons. The van der Waals surface area contributed by atoms with Crippen molar-refractivity contribution in [1.29, 1.82) is 0 Å². The van der Waals surface area contributed by atoms with Gasteiger partial charge in [-0.1, -0.05) is 30.7 Å². The molecule has 1 saturated heterocycles. The van der Waals surface area contributed by atoms with E-state index in [9.17, 15) is 4.79 Å². The quantitative estimate of drug-likeness (QED) is 0.132. The third-order valence-electron chi connectivity index (χ3n) is 8.03. The summed E-state index contributed by atoms with van der Waals surface area (Å²) >= 11 is 0. The molecule has 0 bridgehead atoms. The maximum Gasteiger partial charge on any atom is 0.163 e. The van der Waals surface area contributed by atoms with E-state index in [0.29, 0.717) is 13.0 Å². The number of carbonyl (C=O) groups is 1. The van der Waals surface area contributed by atoms with Crippen molar-refractivity contribution in [2.75, 3.05) is 46.9 Å². The Morgan fingerprint density at radius 2 is 1.48 bits per heavy atom. The Kier molecular flexibility index (Phi) is 8.63. The first kappa shape index (κ1) is 28.1. The number of carbonyl (C=O) groups excluding carboxylic acids is 1. The van der Waals surface area contributed by atoms with Crippen LogP contribution in [-0.4, -0.2) is 82.4 Å². The van der Waals surface area contributed by atoms with Crippen LogP contribution < -0.4 is 4.74 Å². The van der Waals surface area contributed by atoms with E-state index in [-0.39, 0.29) is 5.78 Å². The molecule has 0 saturated carbocycles. The number of piperidine rings is 1. The molecule has 2 N–H and O–H groups in total. The molecule has 0 atom stereocenters. The van der Waals surface area contributed by atoms with Gasteiger partial charge in [-0.2, -0.15) is 0 Å². The molecular weight excluding hydrogens is 524 g/mol. The van der Waals surface area contributed by atoms with Gasteiger partial charge in [0.2, 0.25) is 0 Å². The molecule has 0 amide bonds. The van der Waals surface area contributed by atoms with E-state index < -0.39 is 0 Å². The molecule has 3 heterocycles. The van der Waals surface area contributed by atoms with Gasteiger partial charge in [-0.15, -0.1) is 0 Å². The number of H-pyrrole nitrogens is 2. The largest absolute Gasteiger partial charge is 0.493 e. The lowest BCUT2D eigenvalue weighted by atomic mass is 10.1.